The zero-order valence-corrected chi connectivity index (χ0v) is 40.2. The molecule has 0 saturated carbocycles. The number of aliphatic hydroxyl groups excluding tert-OH is 2. The van der Waals surface area contributed by atoms with E-state index in [-0.39, 0.29) is 25.2 Å². The summed E-state index contributed by atoms with van der Waals surface area (Å²) in [7, 11) is 1.60. The molecule has 0 unspecified atom stereocenters. The first kappa shape index (κ1) is 53.1. The molecule has 17 atom stereocenters. The fourth-order valence-corrected chi connectivity index (χ4v) is 9.97. The van der Waals surface area contributed by atoms with Gasteiger partial charge in [-0.1, -0.05) is 59.7 Å². The SMILES string of the molecule is CCCNC[C@]1(O)[C@H](C)O[C@@H](O[C@H]2[C@H](C)[C@@H](O[C@@H]3O[C@H](C)C[C@H](N(C)C(=O)Nc4ccccc4)[C@H]3O)[C@](C)(O)C[C@@H](C)CN[C@H](C)[C@@H](O)[C@](C)(O)[C@@H](CC)OC(=O)[C@@H]2C)CC1(C)C. The van der Waals surface area contributed by atoms with Crippen LogP contribution in [0.4, 0.5) is 10.5 Å². The maximum Gasteiger partial charge on any atom is 0.321 e. The summed E-state index contributed by atoms with van der Waals surface area (Å²) in [5.41, 5.74) is -4.89. The van der Waals surface area contributed by atoms with Crippen molar-refractivity contribution in [3.63, 3.8) is 0 Å². The second-order valence-corrected chi connectivity index (χ2v) is 20.1. The summed E-state index contributed by atoms with van der Waals surface area (Å²) < 4.78 is 32.5. The molecule has 2 amide bonds. The first-order valence-electron chi connectivity index (χ1n) is 23.2. The van der Waals surface area contributed by atoms with Crippen LogP contribution >= 0.6 is 0 Å². The van der Waals surface area contributed by atoms with Crippen molar-refractivity contribution in [3.05, 3.63) is 30.3 Å². The van der Waals surface area contributed by atoms with E-state index in [2.05, 4.69) is 22.9 Å². The van der Waals surface area contributed by atoms with Crippen molar-refractivity contribution in [3.8, 4) is 0 Å². The van der Waals surface area contributed by atoms with E-state index in [1.165, 1.54) is 11.8 Å². The molecule has 3 aliphatic rings. The lowest BCUT2D eigenvalue weighted by atomic mass is 9.67. The maximum absolute atomic E-state index is 14.4. The van der Waals surface area contributed by atoms with E-state index < -0.39 is 113 Å². The smallest absolute Gasteiger partial charge is 0.321 e. The molecule has 0 bridgehead atoms. The second-order valence-electron chi connectivity index (χ2n) is 20.1. The van der Waals surface area contributed by atoms with Gasteiger partial charge >= 0.3 is 12.0 Å². The van der Waals surface area contributed by atoms with E-state index in [4.69, 9.17) is 23.7 Å². The highest BCUT2D eigenvalue weighted by atomic mass is 16.7. The predicted octanol–water partition coefficient (Wildman–Crippen LogP) is 4.15. The molecule has 362 valence electrons. The minimum atomic E-state index is -1.84. The number of amides is 2. The van der Waals surface area contributed by atoms with Crippen molar-refractivity contribution in [1.29, 1.82) is 0 Å². The summed E-state index contributed by atoms with van der Waals surface area (Å²) in [6, 6.07) is 7.19. The summed E-state index contributed by atoms with van der Waals surface area (Å²) in [6.45, 7) is 22.9. The minimum absolute atomic E-state index is 0.153. The molecular formula is C47H82N4O12. The molecule has 0 radical (unpaired) electrons. The van der Waals surface area contributed by atoms with E-state index in [9.17, 15) is 35.1 Å². The van der Waals surface area contributed by atoms with Crippen molar-refractivity contribution in [2.75, 3.05) is 32.0 Å². The molecule has 63 heavy (non-hydrogen) atoms. The highest BCUT2D eigenvalue weighted by Gasteiger charge is 2.56. The number of nitrogens with one attached hydrogen (secondary N) is 3. The molecule has 1 aromatic rings. The van der Waals surface area contributed by atoms with Crippen LogP contribution in [0.15, 0.2) is 30.3 Å². The largest absolute Gasteiger partial charge is 0.459 e. The molecule has 3 heterocycles. The number of nitrogens with zero attached hydrogens (tertiary/aromatic N) is 1. The Bertz CT molecular complexity index is 1600. The number of carbonyl (C=O) groups excluding carboxylic acids is 2. The first-order valence-corrected chi connectivity index (χ1v) is 23.2. The van der Waals surface area contributed by atoms with Gasteiger partial charge in [0.15, 0.2) is 12.6 Å². The van der Waals surface area contributed by atoms with Gasteiger partial charge in [-0.3, -0.25) is 4.79 Å². The van der Waals surface area contributed by atoms with Crippen molar-refractivity contribution in [1.82, 2.24) is 15.5 Å². The number of rotatable bonds is 11. The molecule has 0 aliphatic carbocycles. The van der Waals surface area contributed by atoms with Crippen LogP contribution in [0, 0.1) is 23.2 Å². The number of aliphatic hydroxyl groups is 5. The van der Waals surface area contributed by atoms with E-state index >= 15 is 0 Å². The van der Waals surface area contributed by atoms with Crippen molar-refractivity contribution >= 4 is 17.7 Å². The predicted molar refractivity (Wildman–Crippen MR) is 240 cm³/mol. The number of urea groups is 1. The average Bonchev–Trinajstić information content (AvgIpc) is 3.21. The first-order chi connectivity index (χ1) is 29.3. The molecule has 4 rings (SSSR count). The lowest BCUT2D eigenvalue weighted by Gasteiger charge is -2.53. The standard InChI is InChI=1S/C47H82N4O12/c1-14-21-48-26-47(58)32(8)60-36(24-44(47,9)10)62-38-29(5)40(63-42-37(52)34(22-28(4)59-42)51(13)43(55)50-33-19-17-16-18-20-33)45(11,56)23-27(3)25-49-31(7)39(53)46(12,57)35(15-2)61-41(54)30(38)6/h16-20,27-32,34-40,42,48-49,52-53,56-58H,14-15,21-26H2,1-13H3,(H,50,55)/t27-,28-,29+,30-,31-,32+,34+,35-,36+,37-,38+,39-,40-,42+,45-,46-,47+/m1/s1. The van der Waals surface area contributed by atoms with Gasteiger partial charge in [-0.05, 0) is 98.4 Å². The fraction of sp³-hybridized carbons (Fsp3) is 0.830. The number of likely N-dealkylation sites (N-methyl/N-ethyl adjacent to an activating group) is 1. The van der Waals surface area contributed by atoms with Crippen LogP contribution < -0.4 is 16.0 Å². The van der Waals surface area contributed by atoms with E-state index in [1.807, 2.05) is 45.9 Å². The third kappa shape index (κ3) is 12.5. The summed E-state index contributed by atoms with van der Waals surface area (Å²) in [5, 5.41) is 69.4. The minimum Gasteiger partial charge on any atom is -0.459 e. The third-order valence-electron chi connectivity index (χ3n) is 14.1. The number of hydrogen-bond donors (Lipinski definition) is 8. The number of esters is 1. The van der Waals surface area contributed by atoms with Crippen LogP contribution in [0.2, 0.25) is 0 Å². The van der Waals surface area contributed by atoms with Crippen LogP contribution in [-0.2, 0) is 28.5 Å². The van der Waals surface area contributed by atoms with Gasteiger partial charge in [0.25, 0.3) is 0 Å². The normalized spacial score (nSPS) is 42.0. The summed E-state index contributed by atoms with van der Waals surface area (Å²) in [6.07, 6.45) is -7.67. The second kappa shape index (κ2) is 21.9. The van der Waals surface area contributed by atoms with Gasteiger partial charge < -0.3 is 70.1 Å². The van der Waals surface area contributed by atoms with Crippen LogP contribution in [0.3, 0.4) is 0 Å². The highest BCUT2D eigenvalue weighted by molar-refractivity contribution is 5.89. The number of anilines is 1. The van der Waals surface area contributed by atoms with Crippen LogP contribution in [0.1, 0.15) is 115 Å². The maximum atomic E-state index is 14.4. The van der Waals surface area contributed by atoms with Gasteiger partial charge in [-0.2, -0.15) is 0 Å². The Morgan fingerprint density at radius 1 is 0.952 bits per heavy atom. The lowest BCUT2D eigenvalue weighted by molar-refractivity contribution is -0.322. The van der Waals surface area contributed by atoms with E-state index in [1.54, 1.807) is 60.7 Å². The Hall–Kier alpha value is -2.48. The Morgan fingerprint density at radius 3 is 2.21 bits per heavy atom. The molecule has 1 aromatic carbocycles. The van der Waals surface area contributed by atoms with Gasteiger partial charge in [-0.15, -0.1) is 0 Å². The molecule has 3 saturated heterocycles. The molecule has 0 aromatic heterocycles. The molecule has 8 N–H and O–H groups in total. The van der Waals surface area contributed by atoms with Gasteiger partial charge in [0.1, 0.15) is 29.5 Å². The molecule has 0 spiro atoms. The Balaban J connectivity index is 1.77. The van der Waals surface area contributed by atoms with Crippen molar-refractivity contribution in [2.45, 2.75) is 199 Å². The van der Waals surface area contributed by atoms with Crippen molar-refractivity contribution in [2.24, 2.45) is 23.2 Å². The van der Waals surface area contributed by atoms with Crippen LogP contribution in [0.5, 0.6) is 0 Å². The summed E-state index contributed by atoms with van der Waals surface area (Å²) in [5.74, 6) is -2.84. The summed E-state index contributed by atoms with van der Waals surface area (Å²) in [4.78, 5) is 29.4. The number of cyclic esters (lactones) is 1. The topological polar surface area (TPSA) is 221 Å². The number of para-hydroxylation sites is 1. The molecule has 3 aliphatic heterocycles. The van der Waals surface area contributed by atoms with Crippen molar-refractivity contribution < 1.29 is 58.8 Å². The monoisotopic (exact) mass is 895 g/mol. The van der Waals surface area contributed by atoms with Crippen LogP contribution in [-0.4, -0.2) is 153 Å². The average molecular weight is 895 g/mol. The molecule has 16 nitrogen and oxygen atoms in total. The summed E-state index contributed by atoms with van der Waals surface area (Å²) >= 11 is 0. The third-order valence-corrected chi connectivity index (χ3v) is 14.1. The Labute approximate surface area is 376 Å². The lowest BCUT2D eigenvalue weighted by Crippen LogP contribution is -2.65. The molecule has 3 fully saturated rings. The quantitative estimate of drug-likeness (QED) is 0.116. The van der Waals surface area contributed by atoms with Gasteiger partial charge in [0.05, 0.1) is 42.0 Å². The highest BCUT2D eigenvalue weighted by Crippen LogP contribution is 2.46. The molecule has 16 heteroatoms. The van der Waals surface area contributed by atoms with Gasteiger partial charge in [0.2, 0.25) is 0 Å². The Kier molecular flexibility index (Phi) is 18.5. The Morgan fingerprint density at radius 2 is 1.60 bits per heavy atom. The zero-order valence-electron chi connectivity index (χ0n) is 40.2. The van der Waals surface area contributed by atoms with Crippen LogP contribution in [0.25, 0.3) is 0 Å². The van der Waals surface area contributed by atoms with E-state index in [0.29, 0.717) is 25.2 Å². The van der Waals surface area contributed by atoms with Gasteiger partial charge in [-0.25, -0.2) is 4.79 Å². The number of ether oxygens (including phenoxy) is 5. The van der Waals surface area contributed by atoms with Gasteiger partial charge in [0, 0.05) is 43.1 Å². The number of hydrogen-bond acceptors (Lipinski definition) is 14. The zero-order chi connectivity index (χ0) is 47.2. The molecular weight excluding hydrogens is 813 g/mol. The van der Waals surface area contributed by atoms with E-state index in [0.717, 1.165) is 13.0 Å². The fourth-order valence-electron chi connectivity index (χ4n) is 9.97. The number of benzene rings is 1. The number of carbonyl (C=O) groups is 2.